The number of hydrogen-bond acceptors (Lipinski definition) is 5. The van der Waals surface area contributed by atoms with Crippen LogP contribution in [0.5, 0.6) is 0 Å². The number of ether oxygens (including phenoxy) is 1. The molecule has 1 N–H and O–H groups in total. The molecule has 1 saturated carbocycles. The Labute approximate surface area is 176 Å². The number of aromatic nitrogens is 3. The average Bonchev–Trinajstić information content (AvgIpc) is 3.34. The van der Waals surface area contributed by atoms with Crippen LogP contribution in [0.25, 0.3) is 11.0 Å². The van der Waals surface area contributed by atoms with Crippen LogP contribution in [0, 0.1) is 22.2 Å². The van der Waals surface area contributed by atoms with Crippen LogP contribution in [0.2, 0.25) is 0 Å². The third-order valence-corrected chi connectivity index (χ3v) is 7.52. The summed E-state index contributed by atoms with van der Waals surface area (Å²) in [6, 6.07) is 4.43. The van der Waals surface area contributed by atoms with Crippen LogP contribution in [0.1, 0.15) is 63.0 Å². The highest BCUT2D eigenvalue weighted by atomic mass is 16.5. The highest BCUT2D eigenvalue weighted by Crippen LogP contribution is 2.52. The van der Waals surface area contributed by atoms with Crippen LogP contribution in [0.15, 0.2) is 18.6 Å². The van der Waals surface area contributed by atoms with Crippen molar-refractivity contribution in [1.29, 1.82) is 5.26 Å². The van der Waals surface area contributed by atoms with Crippen LogP contribution in [-0.2, 0) is 9.53 Å². The van der Waals surface area contributed by atoms with E-state index in [4.69, 9.17) is 4.74 Å². The molecule has 1 spiro atoms. The number of fused-ring (bicyclic) bond motifs is 1. The van der Waals surface area contributed by atoms with Crippen molar-refractivity contribution in [2.75, 3.05) is 26.3 Å². The van der Waals surface area contributed by atoms with Gasteiger partial charge in [-0.15, -0.1) is 0 Å². The number of nitrogens with one attached hydrogen (secondary N) is 1. The molecule has 2 aromatic heterocycles. The molecule has 4 heterocycles. The van der Waals surface area contributed by atoms with Crippen molar-refractivity contribution in [1.82, 2.24) is 19.9 Å². The quantitative estimate of drug-likeness (QED) is 0.821. The molecule has 0 aromatic carbocycles. The lowest BCUT2D eigenvalue weighted by Gasteiger charge is -2.36. The van der Waals surface area contributed by atoms with Gasteiger partial charge >= 0.3 is 0 Å². The summed E-state index contributed by atoms with van der Waals surface area (Å²) in [5, 5.41) is 11.0. The molecule has 158 valence electrons. The van der Waals surface area contributed by atoms with Gasteiger partial charge in [-0.05, 0) is 56.4 Å². The zero-order chi connectivity index (χ0) is 20.6. The van der Waals surface area contributed by atoms with Crippen molar-refractivity contribution in [3.05, 3.63) is 24.3 Å². The SMILES string of the molecule is N#CC1(C(=O)N2CCC(c3ncnc4[nH]ccc34)CCCC3(CC3)C2)CCOCC1. The molecule has 0 bridgehead atoms. The van der Waals surface area contributed by atoms with Gasteiger partial charge in [0.05, 0.1) is 11.8 Å². The third kappa shape index (κ3) is 3.47. The van der Waals surface area contributed by atoms with E-state index in [0.717, 1.165) is 49.0 Å². The summed E-state index contributed by atoms with van der Waals surface area (Å²) < 4.78 is 5.45. The molecule has 7 nitrogen and oxygen atoms in total. The van der Waals surface area contributed by atoms with Gasteiger partial charge in [0.15, 0.2) is 0 Å². The van der Waals surface area contributed by atoms with Crippen molar-refractivity contribution >= 4 is 16.9 Å². The number of carbonyl (C=O) groups excluding carboxylic acids is 1. The molecular weight excluding hydrogens is 378 g/mol. The maximum Gasteiger partial charge on any atom is 0.243 e. The molecule has 5 rings (SSSR count). The van der Waals surface area contributed by atoms with Gasteiger partial charge < -0.3 is 14.6 Å². The molecule has 3 fully saturated rings. The predicted octanol–water partition coefficient (Wildman–Crippen LogP) is 3.54. The number of hydrogen-bond donors (Lipinski definition) is 1. The normalized spacial score (nSPS) is 25.8. The zero-order valence-corrected chi connectivity index (χ0v) is 17.4. The summed E-state index contributed by atoms with van der Waals surface area (Å²) in [5.41, 5.74) is 1.31. The van der Waals surface area contributed by atoms with E-state index in [1.54, 1.807) is 6.33 Å². The van der Waals surface area contributed by atoms with E-state index in [1.165, 1.54) is 12.8 Å². The van der Waals surface area contributed by atoms with E-state index in [2.05, 4.69) is 27.1 Å². The highest BCUT2D eigenvalue weighted by molar-refractivity contribution is 5.85. The second kappa shape index (κ2) is 7.66. The maximum absolute atomic E-state index is 13.6. The first kappa shape index (κ1) is 19.5. The molecule has 2 aliphatic heterocycles. The number of H-pyrrole nitrogens is 1. The molecular formula is C23H29N5O2. The first-order valence-electron chi connectivity index (χ1n) is 11.2. The topological polar surface area (TPSA) is 94.9 Å². The molecule has 2 saturated heterocycles. The lowest BCUT2D eigenvalue weighted by molar-refractivity contribution is -0.144. The molecule has 2 aromatic rings. The zero-order valence-electron chi connectivity index (χ0n) is 17.4. The standard InChI is InChI=1S/C23H29N5O2/c24-14-23(8-12-30-13-9-23)21(29)28-11-4-17(2-1-5-22(15-28)6-7-22)19-18-3-10-25-20(18)27-16-26-19/h3,10,16-17H,1-2,4-9,11-13,15H2,(H,25,26,27). The predicted molar refractivity (Wildman–Crippen MR) is 111 cm³/mol. The number of aromatic amines is 1. The van der Waals surface area contributed by atoms with Crippen LogP contribution in [0.4, 0.5) is 0 Å². The van der Waals surface area contributed by atoms with E-state index in [9.17, 15) is 10.1 Å². The van der Waals surface area contributed by atoms with Gasteiger partial charge in [-0.1, -0.05) is 6.42 Å². The molecule has 1 unspecified atom stereocenters. The van der Waals surface area contributed by atoms with E-state index in [1.807, 2.05) is 11.1 Å². The minimum atomic E-state index is -0.916. The Balaban J connectivity index is 1.42. The summed E-state index contributed by atoms with van der Waals surface area (Å²) in [7, 11) is 0. The fourth-order valence-electron chi connectivity index (χ4n) is 5.39. The molecule has 7 heteroatoms. The van der Waals surface area contributed by atoms with Gasteiger partial charge in [0.1, 0.15) is 17.4 Å². The fraction of sp³-hybridized carbons (Fsp3) is 0.652. The van der Waals surface area contributed by atoms with Crippen molar-refractivity contribution in [3.8, 4) is 6.07 Å². The van der Waals surface area contributed by atoms with Gasteiger partial charge in [0.2, 0.25) is 5.91 Å². The van der Waals surface area contributed by atoms with E-state index in [0.29, 0.717) is 38.5 Å². The lowest BCUT2D eigenvalue weighted by Crippen LogP contribution is -2.48. The molecule has 1 amide bonds. The summed E-state index contributed by atoms with van der Waals surface area (Å²) in [6.07, 6.45) is 11.2. The Hall–Kier alpha value is -2.46. The van der Waals surface area contributed by atoms with Gasteiger partial charge in [0.25, 0.3) is 0 Å². The summed E-state index contributed by atoms with van der Waals surface area (Å²) in [5.74, 6) is 0.318. The second-order valence-corrected chi connectivity index (χ2v) is 9.41. The first-order chi connectivity index (χ1) is 14.6. The average molecular weight is 408 g/mol. The number of nitrogens with zero attached hydrogens (tertiary/aromatic N) is 4. The molecule has 1 aliphatic carbocycles. The Morgan fingerprint density at radius 3 is 2.80 bits per heavy atom. The smallest absolute Gasteiger partial charge is 0.243 e. The first-order valence-corrected chi connectivity index (χ1v) is 11.2. The van der Waals surface area contributed by atoms with Crippen LogP contribution >= 0.6 is 0 Å². The van der Waals surface area contributed by atoms with E-state index < -0.39 is 5.41 Å². The van der Waals surface area contributed by atoms with Crippen molar-refractivity contribution in [2.24, 2.45) is 10.8 Å². The fourth-order valence-corrected chi connectivity index (χ4v) is 5.39. The summed E-state index contributed by atoms with van der Waals surface area (Å²) >= 11 is 0. The Kier molecular flexibility index (Phi) is 4.98. The van der Waals surface area contributed by atoms with Gasteiger partial charge in [-0.2, -0.15) is 5.26 Å². The largest absolute Gasteiger partial charge is 0.381 e. The van der Waals surface area contributed by atoms with Crippen molar-refractivity contribution in [3.63, 3.8) is 0 Å². The Bertz CT molecular complexity index is 967. The monoisotopic (exact) mass is 407 g/mol. The van der Waals surface area contributed by atoms with Crippen LogP contribution in [0.3, 0.4) is 0 Å². The van der Waals surface area contributed by atoms with Crippen molar-refractivity contribution in [2.45, 2.75) is 57.3 Å². The third-order valence-electron chi connectivity index (χ3n) is 7.52. The summed E-state index contributed by atoms with van der Waals surface area (Å²) in [6.45, 7) is 2.47. The van der Waals surface area contributed by atoms with Gasteiger partial charge in [0, 0.05) is 43.8 Å². The summed E-state index contributed by atoms with van der Waals surface area (Å²) in [4.78, 5) is 27.8. The highest BCUT2D eigenvalue weighted by Gasteiger charge is 2.49. The minimum Gasteiger partial charge on any atom is -0.381 e. The van der Waals surface area contributed by atoms with Crippen molar-refractivity contribution < 1.29 is 9.53 Å². The van der Waals surface area contributed by atoms with E-state index in [-0.39, 0.29) is 11.3 Å². The number of rotatable bonds is 2. The molecule has 0 radical (unpaired) electrons. The minimum absolute atomic E-state index is 0.0229. The molecule has 1 atom stereocenters. The Morgan fingerprint density at radius 2 is 2.03 bits per heavy atom. The van der Waals surface area contributed by atoms with Crippen LogP contribution in [-0.4, -0.2) is 52.1 Å². The lowest BCUT2D eigenvalue weighted by atomic mass is 9.80. The Morgan fingerprint density at radius 1 is 1.20 bits per heavy atom. The molecule has 30 heavy (non-hydrogen) atoms. The van der Waals surface area contributed by atoms with Crippen LogP contribution < -0.4 is 0 Å². The number of nitriles is 1. The molecule has 3 aliphatic rings. The van der Waals surface area contributed by atoms with E-state index >= 15 is 0 Å². The van der Waals surface area contributed by atoms with Gasteiger partial charge in [-0.25, -0.2) is 9.97 Å². The second-order valence-electron chi connectivity index (χ2n) is 9.41. The number of amides is 1. The maximum atomic E-state index is 13.6. The van der Waals surface area contributed by atoms with Gasteiger partial charge in [-0.3, -0.25) is 4.79 Å². The number of carbonyl (C=O) groups is 1.